The van der Waals surface area contributed by atoms with E-state index in [1.807, 2.05) is 13.8 Å². The summed E-state index contributed by atoms with van der Waals surface area (Å²) in [6, 6.07) is 0. The molecule has 0 spiro atoms. The monoisotopic (exact) mass is 128 g/mol. The number of nitrogens with zero attached hydrogens (tertiary/aromatic N) is 1. The fraction of sp³-hybridized carbons (Fsp3) is 0.714. The Morgan fingerprint density at radius 3 is 2.00 bits per heavy atom. The second-order valence-electron chi connectivity index (χ2n) is 2.64. The molecule has 0 aliphatic carbocycles. The summed E-state index contributed by atoms with van der Waals surface area (Å²) in [5.74, 6) is 0.435. The third kappa shape index (κ3) is 4.01. The molecule has 0 aliphatic rings. The average molecular weight is 128 g/mol. The van der Waals surface area contributed by atoms with E-state index in [9.17, 15) is 4.79 Å². The Morgan fingerprint density at radius 2 is 1.89 bits per heavy atom. The lowest BCUT2D eigenvalue weighted by molar-refractivity contribution is -0.125. The molecule has 0 fully saturated rings. The number of carbonyl (C=O) groups excluding carboxylic acids is 1. The van der Waals surface area contributed by atoms with Crippen molar-refractivity contribution in [2.45, 2.75) is 13.8 Å². The molecule has 1 radical (unpaired) electrons. The van der Waals surface area contributed by atoms with Gasteiger partial charge in [0.2, 0.25) is 5.91 Å². The van der Waals surface area contributed by atoms with Crippen LogP contribution in [-0.2, 0) is 4.79 Å². The molecule has 1 amide bonds. The molecule has 0 aromatic rings. The van der Waals surface area contributed by atoms with E-state index in [1.54, 1.807) is 25.4 Å². The lowest BCUT2D eigenvalue weighted by Crippen LogP contribution is -2.23. The van der Waals surface area contributed by atoms with Crippen molar-refractivity contribution in [3.05, 3.63) is 6.42 Å². The minimum Gasteiger partial charge on any atom is -0.349 e. The van der Waals surface area contributed by atoms with Gasteiger partial charge in [0.15, 0.2) is 0 Å². The molecule has 0 heterocycles. The number of rotatable bonds is 2. The summed E-state index contributed by atoms with van der Waals surface area (Å²) in [6.45, 7) is 3.98. The maximum atomic E-state index is 10.8. The SMILES string of the molecule is CC(C)[CH]C(=O)N(C)C. The largest absolute Gasteiger partial charge is 0.349 e. The van der Waals surface area contributed by atoms with E-state index >= 15 is 0 Å². The Labute approximate surface area is 56.9 Å². The van der Waals surface area contributed by atoms with Gasteiger partial charge in [-0.05, 0) is 5.92 Å². The van der Waals surface area contributed by atoms with Crippen LogP contribution in [0.25, 0.3) is 0 Å². The first-order valence-corrected chi connectivity index (χ1v) is 3.10. The Hall–Kier alpha value is -0.530. The smallest absolute Gasteiger partial charge is 0.226 e. The van der Waals surface area contributed by atoms with Crippen LogP contribution in [0, 0.1) is 12.3 Å². The predicted octanol–water partition coefficient (Wildman–Crippen LogP) is 0.935. The highest BCUT2D eigenvalue weighted by molar-refractivity contribution is 5.84. The number of hydrogen-bond donors (Lipinski definition) is 0. The average Bonchev–Trinajstić information content (AvgIpc) is 1.63. The number of amides is 1. The molecule has 0 aromatic carbocycles. The van der Waals surface area contributed by atoms with Crippen molar-refractivity contribution in [3.63, 3.8) is 0 Å². The minimum absolute atomic E-state index is 0.0880. The van der Waals surface area contributed by atoms with Gasteiger partial charge in [0.05, 0.1) is 6.42 Å². The fourth-order valence-electron chi connectivity index (χ4n) is 0.434. The highest BCUT2D eigenvalue weighted by atomic mass is 16.2. The quantitative estimate of drug-likeness (QED) is 0.542. The summed E-state index contributed by atoms with van der Waals surface area (Å²) < 4.78 is 0. The molecule has 53 valence electrons. The van der Waals surface area contributed by atoms with Crippen LogP contribution >= 0.6 is 0 Å². The molecule has 2 nitrogen and oxygen atoms in total. The van der Waals surface area contributed by atoms with Crippen LogP contribution < -0.4 is 0 Å². The summed E-state index contributed by atoms with van der Waals surface area (Å²) in [6.07, 6.45) is 1.69. The molecule has 0 saturated carbocycles. The van der Waals surface area contributed by atoms with E-state index in [-0.39, 0.29) is 5.91 Å². The summed E-state index contributed by atoms with van der Waals surface area (Å²) in [5.41, 5.74) is 0. The van der Waals surface area contributed by atoms with Crippen molar-refractivity contribution in [2.75, 3.05) is 14.1 Å². The molecule has 0 saturated heterocycles. The third-order valence-electron chi connectivity index (χ3n) is 0.917. The van der Waals surface area contributed by atoms with Crippen LogP contribution in [0.1, 0.15) is 13.8 Å². The summed E-state index contributed by atoms with van der Waals surface area (Å²) in [5, 5.41) is 0. The summed E-state index contributed by atoms with van der Waals surface area (Å²) >= 11 is 0. The zero-order chi connectivity index (χ0) is 7.44. The highest BCUT2D eigenvalue weighted by Crippen LogP contribution is 1.98. The van der Waals surface area contributed by atoms with Gasteiger partial charge in [-0.1, -0.05) is 13.8 Å². The zero-order valence-electron chi connectivity index (χ0n) is 6.51. The van der Waals surface area contributed by atoms with Gasteiger partial charge in [-0.2, -0.15) is 0 Å². The predicted molar refractivity (Wildman–Crippen MR) is 37.8 cm³/mol. The van der Waals surface area contributed by atoms with Crippen LogP contribution in [0.15, 0.2) is 0 Å². The lowest BCUT2D eigenvalue weighted by atomic mass is 10.1. The van der Waals surface area contributed by atoms with Crippen LogP contribution in [-0.4, -0.2) is 24.9 Å². The standard InChI is InChI=1S/C7H14NO/c1-6(2)5-7(9)8(3)4/h5-6H,1-4H3. The first kappa shape index (κ1) is 8.47. The molecule has 0 aliphatic heterocycles. The van der Waals surface area contributed by atoms with Crippen molar-refractivity contribution in [1.29, 1.82) is 0 Å². The molecule has 0 bridgehead atoms. The Kier molecular flexibility index (Phi) is 3.28. The first-order valence-electron chi connectivity index (χ1n) is 3.10. The molecule has 9 heavy (non-hydrogen) atoms. The topological polar surface area (TPSA) is 20.3 Å². The van der Waals surface area contributed by atoms with Crippen LogP contribution in [0.2, 0.25) is 0 Å². The number of hydrogen-bond acceptors (Lipinski definition) is 1. The maximum Gasteiger partial charge on any atom is 0.226 e. The van der Waals surface area contributed by atoms with Crippen molar-refractivity contribution in [3.8, 4) is 0 Å². The molecular weight excluding hydrogens is 114 g/mol. The van der Waals surface area contributed by atoms with E-state index in [0.717, 1.165) is 0 Å². The fourth-order valence-corrected chi connectivity index (χ4v) is 0.434. The van der Waals surface area contributed by atoms with Gasteiger partial charge < -0.3 is 4.90 Å². The van der Waals surface area contributed by atoms with Crippen molar-refractivity contribution < 1.29 is 4.79 Å². The maximum absolute atomic E-state index is 10.8. The molecule has 0 N–H and O–H groups in total. The Morgan fingerprint density at radius 1 is 1.44 bits per heavy atom. The van der Waals surface area contributed by atoms with Crippen LogP contribution in [0.3, 0.4) is 0 Å². The molecule has 0 aromatic heterocycles. The summed E-state index contributed by atoms with van der Waals surface area (Å²) in [7, 11) is 3.50. The lowest BCUT2D eigenvalue weighted by Gasteiger charge is -2.10. The molecule has 0 rings (SSSR count). The molecular formula is C7H14NO. The van der Waals surface area contributed by atoms with Crippen LogP contribution in [0.4, 0.5) is 0 Å². The van der Waals surface area contributed by atoms with Crippen molar-refractivity contribution in [1.82, 2.24) is 4.90 Å². The Bertz CT molecular complexity index is 97.1. The first-order chi connectivity index (χ1) is 4.04. The third-order valence-corrected chi connectivity index (χ3v) is 0.917. The van der Waals surface area contributed by atoms with E-state index in [2.05, 4.69) is 0 Å². The Balaban J connectivity index is 3.51. The highest BCUT2D eigenvalue weighted by Gasteiger charge is 2.05. The van der Waals surface area contributed by atoms with Gasteiger partial charge in [-0.25, -0.2) is 0 Å². The van der Waals surface area contributed by atoms with Gasteiger partial charge in [0, 0.05) is 14.1 Å². The molecule has 2 heteroatoms. The van der Waals surface area contributed by atoms with Crippen LogP contribution in [0.5, 0.6) is 0 Å². The van der Waals surface area contributed by atoms with Crippen molar-refractivity contribution >= 4 is 5.91 Å². The zero-order valence-corrected chi connectivity index (χ0v) is 6.51. The number of carbonyl (C=O) groups is 1. The van der Waals surface area contributed by atoms with Crippen molar-refractivity contribution in [2.24, 2.45) is 5.92 Å². The van der Waals surface area contributed by atoms with Gasteiger partial charge in [0.1, 0.15) is 0 Å². The van der Waals surface area contributed by atoms with E-state index in [0.29, 0.717) is 5.92 Å². The van der Waals surface area contributed by atoms with Gasteiger partial charge in [-0.3, -0.25) is 4.79 Å². The second kappa shape index (κ2) is 3.49. The van der Waals surface area contributed by atoms with E-state index in [4.69, 9.17) is 0 Å². The van der Waals surface area contributed by atoms with E-state index < -0.39 is 0 Å². The molecule has 0 unspecified atom stereocenters. The van der Waals surface area contributed by atoms with Gasteiger partial charge in [-0.15, -0.1) is 0 Å². The second-order valence-corrected chi connectivity index (χ2v) is 2.64. The minimum atomic E-state index is 0.0880. The molecule has 0 atom stereocenters. The van der Waals surface area contributed by atoms with Gasteiger partial charge in [0.25, 0.3) is 0 Å². The summed E-state index contributed by atoms with van der Waals surface area (Å²) in [4.78, 5) is 12.4. The normalized spacial score (nSPS) is 9.89. The van der Waals surface area contributed by atoms with Gasteiger partial charge >= 0.3 is 0 Å². The van der Waals surface area contributed by atoms with E-state index in [1.165, 1.54) is 0 Å².